The van der Waals surface area contributed by atoms with Crippen molar-refractivity contribution in [2.45, 2.75) is 19.4 Å². The minimum Gasteiger partial charge on any atom is -0.354 e. The maximum Gasteiger partial charge on any atom is 0.126 e. The van der Waals surface area contributed by atoms with Crippen LogP contribution in [0.3, 0.4) is 0 Å². The van der Waals surface area contributed by atoms with Gasteiger partial charge in [-0.2, -0.15) is 0 Å². The number of halogens is 1. The smallest absolute Gasteiger partial charge is 0.126 e. The number of hydrogen-bond donors (Lipinski definition) is 1. The minimum absolute atomic E-state index is 0.123. The number of rotatable bonds is 5. The van der Waals surface area contributed by atoms with E-state index >= 15 is 0 Å². The van der Waals surface area contributed by atoms with Crippen molar-refractivity contribution >= 4 is 0 Å². The highest BCUT2D eigenvalue weighted by Gasteiger charge is 2.01. The summed E-state index contributed by atoms with van der Waals surface area (Å²) in [6, 6.07) is 8.99. The van der Waals surface area contributed by atoms with Gasteiger partial charge in [0, 0.05) is 18.9 Å². The van der Waals surface area contributed by atoms with Crippen molar-refractivity contribution in [1.29, 1.82) is 0 Å². The molecule has 0 saturated carbocycles. The number of hydrogen-bond acceptors (Lipinski definition) is 1. The summed E-state index contributed by atoms with van der Waals surface area (Å²) in [5, 5.41) is 0. The zero-order valence-corrected chi connectivity index (χ0v) is 9.77. The highest BCUT2D eigenvalue weighted by atomic mass is 19.1. The summed E-state index contributed by atoms with van der Waals surface area (Å²) in [6.07, 6.45) is 5.70. The first-order valence-corrected chi connectivity index (χ1v) is 5.87. The highest BCUT2D eigenvalue weighted by molar-refractivity contribution is 5.17. The first-order chi connectivity index (χ1) is 8.29. The third-order valence-corrected chi connectivity index (χ3v) is 2.84. The largest absolute Gasteiger partial charge is 0.354 e. The van der Waals surface area contributed by atoms with Gasteiger partial charge in [-0.3, -0.25) is 0 Å². The van der Waals surface area contributed by atoms with E-state index in [9.17, 15) is 4.39 Å². The normalized spacial score (nSPS) is 10.7. The maximum absolute atomic E-state index is 13.4. The van der Waals surface area contributed by atoms with E-state index in [0.717, 1.165) is 18.5 Å². The first kappa shape index (κ1) is 11.9. The van der Waals surface area contributed by atoms with E-state index in [4.69, 9.17) is 5.73 Å². The molecule has 0 aliphatic rings. The van der Waals surface area contributed by atoms with Gasteiger partial charge in [-0.15, -0.1) is 0 Å². The molecule has 0 fully saturated rings. The van der Waals surface area contributed by atoms with Gasteiger partial charge < -0.3 is 10.3 Å². The van der Waals surface area contributed by atoms with Crippen LogP contribution in [-0.2, 0) is 19.4 Å². The monoisotopic (exact) mass is 232 g/mol. The molecule has 0 spiro atoms. The van der Waals surface area contributed by atoms with E-state index in [-0.39, 0.29) is 5.82 Å². The number of benzene rings is 1. The summed E-state index contributed by atoms with van der Waals surface area (Å²) < 4.78 is 15.5. The number of aromatic nitrogens is 1. The average molecular weight is 232 g/mol. The molecule has 1 heterocycles. The Morgan fingerprint density at radius 1 is 1.12 bits per heavy atom. The molecule has 2 rings (SSSR count). The molecule has 0 radical (unpaired) electrons. The van der Waals surface area contributed by atoms with Gasteiger partial charge in [0.1, 0.15) is 5.82 Å². The average Bonchev–Trinajstić information content (AvgIpc) is 2.76. The second-order valence-corrected chi connectivity index (χ2v) is 4.14. The number of aryl methyl sites for hydroxylation is 2. The zero-order chi connectivity index (χ0) is 12.1. The zero-order valence-electron chi connectivity index (χ0n) is 9.77. The van der Waals surface area contributed by atoms with Crippen molar-refractivity contribution in [3.05, 3.63) is 59.7 Å². The fraction of sp³-hybridized carbons (Fsp3) is 0.286. The Hall–Kier alpha value is -1.61. The molecule has 0 unspecified atom stereocenters. The molecule has 17 heavy (non-hydrogen) atoms. The van der Waals surface area contributed by atoms with E-state index < -0.39 is 0 Å². The second kappa shape index (κ2) is 5.64. The van der Waals surface area contributed by atoms with Crippen LogP contribution in [0.15, 0.2) is 42.7 Å². The van der Waals surface area contributed by atoms with Crippen molar-refractivity contribution in [2.75, 3.05) is 6.54 Å². The lowest BCUT2D eigenvalue weighted by atomic mass is 10.1. The molecule has 0 atom stereocenters. The summed E-state index contributed by atoms with van der Waals surface area (Å²) in [7, 11) is 0. The summed E-state index contributed by atoms with van der Waals surface area (Å²) >= 11 is 0. The highest BCUT2D eigenvalue weighted by Crippen LogP contribution is 2.09. The molecule has 2 aromatic rings. The van der Waals surface area contributed by atoms with Crippen LogP contribution in [0.5, 0.6) is 0 Å². The molecule has 0 aliphatic heterocycles. The Kier molecular flexibility index (Phi) is 3.94. The molecule has 2 nitrogen and oxygen atoms in total. The minimum atomic E-state index is -0.123. The van der Waals surface area contributed by atoms with Crippen LogP contribution in [0, 0.1) is 5.82 Å². The maximum atomic E-state index is 13.4. The molecule has 1 aromatic carbocycles. The predicted molar refractivity (Wildman–Crippen MR) is 67.3 cm³/mol. The van der Waals surface area contributed by atoms with Gasteiger partial charge in [0.2, 0.25) is 0 Å². The quantitative estimate of drug-likeness (QED) is 0.843. The summed E-state index contributed by atoms with van der Waals surface area (Å²) in [6.45, 7) is 1.46. The van der Waals surface area contributed by atoms with Crippen LogP contribution in [-0.4, -0.2) is 11.1 Å². The molecule has 1 aromatic heterocycles. The van der Waals surface area contributed by atoms with E-state index in [2.05, 4.69) is 16.8 Å². The standard InChI is InChI=1S/C14H17FN2/c15-14-4-2-1-3-13(14)7-10-17-9-6-12(11-17)5-8-16/h1-4,6,9,11H,5,7-8,10,16H2. The van der Waals surface area contributed by atoms with Gasteiger partial charge in [-0.05, 0) is 42.6 Å². The summed E-state index contributed by atoms with van der Waals surface area (Å²) in [5.74, 6) is -0.123. The molecule has 0 aliphatic carbocycles. The summed E-state index contributed by atoms with van der Waals surface area (Å²) in [4.78, 5) is 0. The molecule has 0 bridgehead atoms. The summed E-state index contributed by atoms with van der Waals surface area (Å²) in [5.41, 5.74) is 7.50. The Balaban J connectivity index is 1.95. The molecule has 0 saturated heterocycles. The fourth-order valence-electron chi connectivity index (χ4n) is 1.89. The predicted octanol–water partition coefficient (Wildman–Crippen LogP) is 2.37. The van der Waals surface area contributed by atoms with Gasteiger partial charge in [0.15, 0.2) is 0 Å². The van der Waals surface area contributed by atoms with E-state index in [1.807, 2.05) is 18.3 Å². The first-order valence-electron chi connectivity index (χ1n) is 5.87. The SMILES string of the molecule is NCCc1ccn(CCc2ccccc2F)c1. The Labute approximate surface area is 101 Å². The second-order valence-electron chi connectivity index (χ2n) is 4.14. The van der Waals surface area contributed by atoms with Crippen molar-refractivity contribution in [2.24, 2.45) is 5.73 Å². The topological polar surface area (TPSA) is 30.9 Å². The van der Waals surface area contributed by atoms with Crippen LogP contribution in [0.4, 0.5) is 4.39 Å². The van der Waals surface area contributed by atoms with Crippen LogP contribution >= 0.6 is 0 Å². The fourth-order valence-corrected chi connectivity index (χ4v) is 1.89. The third kappa shape index (κ3) is 3.17. The van der Waals surface area contributed by atoms with Gasteiger partial charge >= 0.3 is 0 Å². The van der Waals surface area contributed by atoms with Gasteiger partial charge in [0.25, 0.3) is 0 Å². The van der Waals surface area contributed by atoms with Crippen molar-refractivity contribution in [1.82, 2.24) is 4.57 Å². The Bertz CT molecular complexity index is 477. The van der Waals surface area contributed by atoms with Crippen LogP contribution < -0.4 is 5.73 Å². The van der Waals surface area contributed by atoms with Gasteiger partial charge in [-0.1, -0.05) is 18.2 Å². The molecule has 0 amide bonds. The lowest BCUT2D eigenvalue weighted by Crippen LogP contribution is -2.03. The molecule has 90 valence electrons. The number of nitrogens with zero attached hydrogens (tertiary/aromatic N) is 1. The Morgan fingerprint density at radius 3 is 2.71 bits per heavy atom. The van der Waals surface area contributed by atoms with Crippen molar-refractivity contribution < 1.29 is 4.39 Å². The molecular formula is C14H17FN2. The third-order valence-electron chi connectivity index (χ3n) is 2.84. The molecule has 2 N–H and O–H groups in total. The molecule has 3 heteroatoms. The van der Waals surface area contributed by atoms with Crippen molar-refractivity contribution in [3.8, 4) is 0 Å². The van der Waals surface area contributed by atoms with Crippen LogP contribution in [0.25, 0.3) is 0 Å². The van der Waals surface area contributed by atoms with Gasteiger partial charge in [0.05, 0.1) is 0 Å². The lowest BCUT2D eigenvalue weighted by molar-refractivity contribution is 0.594. The lowest BCUT2D eigenvalue weighted by Gasteiger charge is -2.04. The van der Waals surface area contributed by atoms with Crippen LogP contribution in [0.2, 0.25) is 0 Å². The van der Waals surface area contributed by atoms with Gasteiger partial charge in [-0.25, -0.2) is 4.39 Å². The van der Waals surface area contributed by atoms with Crippen LogP contribution in [0.1, 0.15) is 11.1 Å². The van der Waals surface area contributed by atoms with E-state index in [0.29, 0.717) is 13.0 Å². The number of nitrogens with two attached hydrogens (primary N) is 1. The van der Waals surface area contributed by atoms with E-state index in [1.165, 1.54) is 11.6 Å². The van der Waals surface area contributed by atoms with Crippen molar-refractivity contribution in [3.63, 3.8) is 0 Å². The molecular weight excluding hydrogens is 215 g/mol. The van der Waals surface area contributed by atoms with E-state index in [1.54, 1.807) is 6.07 Å². The Morgan fingerprint density at radius 2 is 1.94 bits per heavy atom.